The summed E-state index contributed by atoms with van der Waals surface area (Å²) in [6.45, 7) is 8.52. The number of carbonyl (C=O) groups excluding carboxylic acids is 2. The molecule has 0 aliphatic carbocycles. The molecule has 1 aromatic heterocycles. The van der Waals surface area contributed by atoms with Crippen molar-refractivity contribution in [3.63, 3.8) is 0 Å². The average Bonchev–Trinajstić information content (AvgIpc) is 3.38. The number of dihydropyridines is 1. The third-order valence-corrected chi connectivity index (χ3v) is 7.30. The molecule has 1 unspecified atom stereocenters. The lowest BCUT2D eigenvalue weighted by Gasteiger charge is -2.28. The molecule has 2 heterocycles. The highest BCUT2D eigenvalue weighted by Gasteiger charge is 2.27. The van der Waals surface area contributed by atoms with Crippen LogP contribution in [0.4, 0.5) is 0 Å². The summed E-state index contributed by atoms with van der Waals surface area (Å²) in [4.78, 5) is 30.6. The summed E-state index contributed by atoms with van der Waals surface area (Å²) in [5, 5.41) is 8.07. The van der Waals surface area contributed by atoms with Gasteiger partial charge in [-0.15, -0.1) is 0 Å². The SMILES string of the molecule is CCNCCCCC(C)C(=O)CCN(C(=O)C(Cl)Cl)C1=CC(c2cc(-c3c(C)cccc3Cl)no2)=NCC1. The van der Waals surface area contributed by atoms with Crippen LogP contribution < -0.4 is 5.32 Å². The molecule has 206 valence electrons. The Kier molecular flexibility index (Phi) is 11.8. The summed E-state index contributed by atoms with van der Waals surface area (Å²) < 4.78 is 5.60. The Morgan fingerprint density at radius 2 is 2.03 bits per heavy atom. The predicted molar refractivity (Wildman–Crippen MR) is 154 cm³/mol. The van der Waals surface area contributed by atoms with Crippen LogP contribution in [0.3, 0.4) is 0 Å². The topological polar surface area (TPSA) is 87.8 Å². The van der Waals surface area contributed by atoms with Crippen LogP contribution in [-0.2, 0) is 9.59 Å². The number of nitrogens with one attached hydrogen (secondary N) is 1. The first-order chi connectivity index (χ1) is 18.2. The second-order valence-electron chi connectivity index (χ2n) is 9.42. The zero-order chi connectivity index (χ0) is 27.7. The van der Waals surface area contributed by atoms with Crippen molar-refractivity contribution in [1.82, 2.24) is 15.4 Å². The number of alkyl halides is 2. The van der Waals surface area contributed by atoms with Gasteiger partial charge in [-0.1, -0.05) is 72.4 Å². The molecule has 1 aromatic carbocycles. The number of amides is 1. The van der Waals surface area contributed by atoms with E-state index in [1.165, 1.54) is 4.90 Å². The number of aromatic nitrogens is 1. The molecule has 1 N–H and O–H groups in total. The fourth-order valence-electron chi connectivity index (χ4n) is 4.42. The highest BCUT2D eigenvalue weighted by molar-refractivity contribution is 6.53. The zero-order valence-electron chi connectivity index (χ0n) is 22.1. The summed E-state index contributed by atoms with van der Waals surface area (Å²) in [7, 11) is 0. The van der Waals surface area contributed by atoms with E-state index in [4.69, 9.17) is 39.3 Å². The molecule has 1 aliphatic rings. The fourth-order valence-corrected chi connectivity index (χ4v) is 4.97. The lowest BCUT2D eigenvalue weighted by molar-refractivity contribution is -0.128. The molecule has 1 amide bonds. The fraction of sp³-hybridized carbons (Fsp3) is 0.500. The molecule has 38 heavy (non-hydrogen) atoms. The highest BCUT2D eigenvalue weighted by Crippen LogP contribution is 2.31. The van der Waals surface area contributed by atoms with E-state index in [-0.39, 0.29) is 24.7 Å². The average molecular weight is 582 g/mol. The van der Waals surface area contributed by atoms with Crippen LogP contribution in [0.2, 0.25) is 5.02 Å². The number of unbranched alkanes of at least 4 members (excludes halogenated alkanes) is 1. The van der Waals surface area contributed by atoms with Gasteiger partial charge in [-0.25, -0.2) is 0 Å². The Morgan fingerprint density at radius 3 is 2.74 bits per heavy atom. The van der Waals surface area contributed by atoms with Crippen molar-refractivity contribution in [1.29, 1.82) is 0 Å². The van der Waals surface area contributed by atoms with Gasteiger partial charge in [-0.05, 0) is 50.6 Å². The van der Waals surface area contributed by atoms with E-state index < -0.39 is 10.7 Å². The summed E-state index contributed by atoms with van der Waals surface area (Å²) in [6, 6.07) is 7.42. The maximum Gasteiger partial charge on any atom is 0.260 e. The number of aryl methyl sites for hydroxylation is 1. The standard InChI is InChI=1S/C28H35Cl3N4O3/c1-4-32-13-6-5-8-18(2)24(36)12-15-35(28(37)27(30)31)20-11-14-33-22(16-20)25-17-23(34-38-25)26-19(3)9-7-10-21(26)29/h7,9-10,16-18,27,32H,4-6,8,11-15H2,1-3H3. The smallest absolute Gasteiger partial charge is 0.260 e. The molecule has 0 fully saturated rings. The van der Waals surface area contributed by atoms with Gasteiger partial charge in [0, 0.05) is 49.2 Å². The molecule has 1 atom stereocenters. The number of Topliss-reactive ketones (excluding diaryl/α,β-unsaturated/α-hetero) is 1. The molecule has 10 heteroatoms. The van der Waals surface area contributed by atoms with Gasteiger partial charge < -0.3 is 14.7 Å². The van der Waals surface area contributed by atoms with Crippen molar-refractivity contribution in [2.75, 3.05) is 26.2 Å². The minimum Gasteiger partial charge on any atom is -0.354 e. The van der Waals surface area contributed by atoms with E-state index in [0.29, 0.717) is 40.9 Å². The van der Waals surface area contributed by atoms with Crippen molar-refractivity contribution in [3.8, 4) is 11.3 Å². The Labute approximate surface area is 239 Å². The van der Waals surface area contributed by atoms with Crippen LogP contribution in [-0.4, -0.2) is 58.5 Å². The quantitative estimate of drug-likeness (QED) is 0.206. The number of rotatable bonds is 14. The number of carbonyl (C=O) groups is 2. The largest absolute Gasteiger partial charge is 0.354 e. The summed E-state index contributed by atoms with van der Waals surface area (Å²) in [6.07, 6.45) is 5.34. The first-order valence-corrected chi connectivity index (χ1v) is 14.3. The van der Waals surface area contributed by atoms with Gasteiger partial charge >= 0.3 is 0 Å². The van der Waals surface area contributed by atoms with Crippen LogP contribution >= 0.6 is 34.8 Å². The number of benzene rings is 1. The first-order valence-electron chi connectivity index (χ1n) is 13.0. The van der Waals surface area contributed by atoms with E-state index in [9.17, 15) is 9.59 Å². The minimum atomic E-state index is -1.24. The van der Waals surface area contributed by atoms with Crippen molar-refractivity contribution in [2.24, 2.45) is 10.9 Å². The molecule has 7 nitrogen and oxygen atoms in total. The number of aliphatic imine (C=N–C) groups is 1. The highest BCUT2D eigenvalue weighted by atomic mass is 35.5. The molecule has 0 spiro atoms. The molecular weight excluding hydrogens is 547 g/mol. The first kappa shape index (κ1) is 30.4. The summed E-state index contributed by atoms with van der Waals surface area (Å²) >= 11 is 18.3. The maximum atomic E-state index is 12.9. The van der Waals surface area contributed by atoms with Gasteiger partial charge in [0.1, 0.15) is 17.2 Å². The van der Waals surface area contributed by atoms with Crippen LogP contribution in [0, 0.1) is 12.8 Å². The number of halogens is 3. The van der Waals surface area contributed by atoms with Gasteiger partial charge in [-0.3, -0.25) is 14.6 Å². The number of allylic oxidation sites excluding steroid dienone is 1. The number of hydrogen-bond acceptors (Lipinski definition) is 6. The number of hydrogen-bond donors (Lipinski definition) is 1. The second kappa shape index (κ2) is 14.8. The van der Waals surface area contributed by atoms with Crippen molar-refractivity contribution in [2.45, 2.75) is 57.7 Å². The molecule has 1 aliphatic heterocycles. The van der Waals surface area contributed by atoms with E-state index >= 15 is 0 Å². The van der Waals surface area contributed by atoms with Gasteiger partial charge in [0.25, 0.3) is 5.91 Å². The van der Waals surface area contributed by atoms with Crippen molar-refractivity contribution < 1.29 is 14.1 Å². The molecule has 0 saturated carbocycles. The van der Waals surface area contributed by atoms with Gasteiger partial charge in [0.15, 0.2) is 10.6 Å². The van der Waals surface area contributed by atoms with Crippen LogP contribution in [0.15, 0.2) is 45.6 Å². The van der Waals surface area contributed by atoms with Crippen LogP contribution in [0.25, 0.3) is 11.3 Å². The van der Waals surface area contributed by atoms with Crippen LogP contribution in [0.1, 0.15) is 57.3 Å². The second-order valence-corrected chi connectivity index (χ2v) is 10.9. The molecule has 0 saturated heterocycles. The lowest BCUT2D eigenvalue weighted by Crippen LogP contribution is -2.37. The molecular formula is C28H35Cl3N4O3. The minimum absolute atomic E-state index is 0.0743. The maximum absolute atomic E-state index is 12.9. The van der Waals surface area contributed by atoms with E-state index in [1.54, 1.807) is 18.2 Å². The van der Waals surface area contributed by atoms with Crippen molar-refractivity contribution in [3.05, 3.63) is 52.4 Å². The zero-order valence-corrected chi connectivity index (χ0v) is 24.4. The molecule has 3 rings (SSSR count). The third-order valence-electron chi connectivity index (χ3n) is 6.62. The van der Waals surface area contributed by atoms with Gasteiger partial charge in [0.2, 0.25) is 0 Å². The van der Waals surface area contributed by atoms with Crippen molar-refractivity contribution >= 4 is 52.2 Å². The lowest BCUT2D eigenvalue weighted by atomic mass is 9.97. The Morgan fingerprint density at radius 1 is 1.24 bits per heavy atom. The van der Waals surface area contributed by atoms with Gasteiger partial charge in [0.05, 0.1) is 5.02 Å². The monoisotopic (exact) mass is 580 g/mol. The van der Waals surface area contributed by atoms with Gasteiger partial charge in [-0.2, -0.15) is 0 Å². The molecule has 0 bridgehead atoms. The van der Waals surface area contributed by atoms with E-state index in [1.807, 2.05) is 26.0 Å². The Balaban J connectivity index is 1.72. The summed E-state index contributed by atoms with van der Waals surface area (Å²) in [5.41, 5.74) is 3.61. The molecule has 0 radical (unpaired) electrons. The number of ketones is 1. The normalized spacial score (nSPS) is 14.3. The number of nitrogens with zero attached hydrogens (tertiary/aromatic N) is 3. The van der Waals surface area contributed by atoms with Crippen LogP contribution in [0.5, 0.6) is 0 Å². The van der Waals surface area contributed by atoms with E-state index in [0.717, 1.165) is 43.5 Å². The predicted octanol–water partition coefficient (Wildman–Crippen LogP) is 6.39. The third kappa shape index (κ3) is 8.15. The molecule has 2 aromatic rings. The summed E-state index contributed by atoms with van der Waals surface area (Å²) in [5.74, 6) is 0.0401. The Hall–Kier alpha value is -2.19. The van der Waals surface area contributed by atoms with E-state index in [2.05, 4.69) is 22.4 Å². The Bertz CT molecular complexity index is 1160.